The molecule has 6 N–H and O–H groups in total. The third kappa shape index (κ3) is 3.29. The van der Waals surface area contributed by atoms with Gasteiger partial charge in [0.1, 0.15) is 10.5 Å². The van der Waals surface area contributed by atoms with Gasteiger partial charge in [-0.3, -0.25) is 14.7 Å². The van der Waals surface area contributed by atoms with E-state index in [-0.39, 0.29) is 23.5 Å². The number of carbonyl (C=O) groups is 1. The van der Waals surface area contributed by atoms with Crippen LogP contribution in [0.1, 0.15) is 10.7 Å². The van der Waals surface area contributed by atoms with E-state index in [1.54, 1.807) is 24.0 Å². The summed E-state index contributed by atoms with van der Waals surface area (Å²) < 4.78 is 3.74. The van der Waals surface area contributed by atoms with Gasteiger partial charge in [-0.2, -0.15) is 10.2 Å². The molecule has 0 atom stereocenters. The van der Waals surface area contributed by atoms with Crippen molar-refractivity contribution in [2.45, 2.75) is 13.0 Å². The number of hydrogen-bond donors (Lipinski definition) is 4. The maximum atomic E-state index is 12.9. The third-order valence-corrected chi connectivity index (χ3v) is 5.47. The number of primary amides is 1. The molecule has 0 spiro atoms. The van der Waals surface area contributed by atoms with Gasteiger partial charge in [0.05, 0.1) is 34.5 Å². The number of nitrogens with one attached hydrogen (secondary N) is 2. The molecule has 0 aliphatic carbocycles. The lowest BCUT2D eigenvalue weighted by molar-refractivity contribution is -0.114. The smallest absolute Gasteiger partial charge is 0.291 e. The van der Waals surface area contributed by atoms with E-state index in [9.17, 15) is 9.59 Å². The molecular weight excluding hydrogens is 394 g/mol. The van der Waals surface area contributed by atoms with Gasteiger partial charge < -0.3 is 21.4 Å². The lowest BCUT2D eigenvalue weighted by Gasteiger charge is -2.05. The second-order valence-corrected chi connectivity index (χ2v) is 7.50. The van der Waals surface area contributed by atoms with Crippen LogP contribution >= 0.6 is 11.3 Å². The van der Waals surface area contributed by atoms with E-state index in [1.807, 2.05) is 6.07 Å². The average molecular weight is 411 g/mol. The summed E-state index contributed by atoms with van der Waals surface area (Å²) in [5, 5.41) is 20.6. The first-order valence-electron chi connectivity index (χ1n) is 8.52. The summed E-state index contributed by atoms with van der Waals surface area (Å²) in [5.74, 6) is -0.829. The van der Waals surface area contributed by atoms with Crippen molar-refractivity contribution in [1.82, 2.24) is 29.5 Å². The summed E-state index contributed by atoms with van der Waals surface area (Å²) in [6.45, 7) is -0.139. The predicted molar refractivity (Wildman–Crippen MR) is 109 cm³/mol. The first-order chi connectivity index (χ1) is 13.8. The average Bonchev–Trinajstić information content (AvgIpc) is 3.37. The number of thiazole rings is 1. The number of carbonyl (C=O) groups excluding carboxylic acids is 1. The SMILES string of the molecule is Cn1c2nc(Cc3cc[nH]n3)sc2c2cnn(CC(=N)/C=C(\N)C(N)=O)c(=O)c21. The second-order valence-electron chi connectivity index (χ2n) is 6.42. The van der Waals surface area contributed by atoms with Gasteiger partial charge in [0.15, 0.2) is 5.65 Å². The molecule has 12 heteroatoms. The number of H-pyrrole nitrogens is 1. The van der Waals surface area contributed by atoms with E-state index < -0.39 is 5.91 Å². The van der Waals surface area contributed by atoms with Gasteiger partial charge in [-0.15, -0.1) is 11.3 Å². The van der Waals surface area contributed by atoms with E-state index in [2.05, 4.69) is 20.3 Å². The number of allylic oxidation sites excluding steroid dienone is 1. The van der Waals surface area contributed by atoms with Crippen LogP contribution in [-0.2, 0) is 24.8 Å². The van der Waals surface area contributed by atoms with E-state index >= 15 is 0 Å². The van der Waals surface area contributed by atoms with E-state index in [1.165, 1.54) is 11.3 Å². The van der Waals surface area contributed by atoms with E-state index in [0.717, 1.165) is 26.2 Å². The topological polar surface area (TPSA) is 174 Å². The molecule has 0 saturated heterocycles. The van der Waals surface area contributed by atoms with Gasteiger partial charge in [-0.05, 0) is 12.1 Å². The molecule has 0 aromatic carbocycles. The summed E-state index contributed by atoms with van der Waals surface area (Å²) in [6, 6.07) is 1.89. The minimum absolute atomic E-state index is 0.0642. The Labute approximate surface area is 167 Å². The van der Waals surface area contributed by atoms with Gasteiger partial charge >= 0.3 is 0 Å². The van der Waals surface area contributed by atoms with Gasteiger partial charge in [-0.25, -0.2) is 9.67 Å². The zero-order chi connectivity index (χ0) is 20.7. The molecule has 4 aromatic heterocycles. The van der Waals surface area contributed by atoms with Gasteiger partial charge in [0.25, 0.3) is 11.5 Å². The Morgan fingerprint density at radius 1 is 1.41 bits per heavy atom. The van der Waals surface area contributed by atoms with Crippen molar-refractivity contribution in [3.63, 3.8) is 0 Å². The molecule has 0 unspecified atom stereocenters. The normalized spacial score (nSPS) is 12.1. The highest BCUT2D eigenvalue weighted by atomic mass is 32.1. The maximum Gasteiger partial charge on any atom is 0.291 e. The van der Waals surface area contributed by atoms with Crippen LogP contribution in [-0.4, -0.2) is 41.1 Å². The van der Waals surface area contributed by atoms with Crippen LogP contribution in [0.25, 0.3) is 21.3 Å². The summed E-state index contributed by atoms with van der Waals surface area (Å²) >= 11 is 1.49. The van der Waals surface area contributed by atoms with Crippen molar-refractivity contribution < 1.29 is 4.79 Å². The first-order valence-corrected chi connectivity index (χ1v) is 9.33. The summed E-state index contributed by atoms with van der Waals surface area (Å²) in [4.78, 5) is 28.6. The number of nitrogens with two attached hydrogens (primary N) is 2. The quantitative estimate of drug-likeness (QED) is 0.257. The van der Waals surface area contributed by atoms with Crippen molar-refractivity contribution in [3.05, 3.63) is 51.3 Å². The molecule has 4 rings (SSSR count). The Hall–Kier alpha value is -3.80. The number of aryl methyl sites for hydroxylation is 1. The molecule has 0 aliphatic heterocycles. The van der Waals surface area contributed by atoms with Gasteiger partial charge in [0.2, 0.25) is 0 Å². The maximum absolute atomic E-state index is 12.9. The molecule has 148 valence electrons. The predicted octanol–water partition coefficient (Wildman–Crippen LogP) is 0.00627. The number of rotatable bonds is 6. The molecule has 4 heterocycles. The van der Waals surface area contributed by atoms with Crippen molar-refractivity contribution in [2.75, 3.05) is 0 Å². The number of aromatic nitrogens is 6. The van der Waals surface area contributed by atoms with Crippen LogP contribution < -0.4 is 17.0 Å². The minimum atomic E-state index is -0.829. The Bertz CT molecular complexity index is 1340. The van der Waals surface area contributed by atoms with Crippen LogP contribution in [0.4, 0.5) is 0 Å². The number of aromatic amines is 1. The van der Waals surface area contributed by atoms with Gasteiger partial charge in [-0.1, -0.05) is 0 Å². The highest BCUT2D eigenvalue weighted by Crippen LogP contribution is 2.31. The Balaban J connectivity index is 1.72. The van der Waals surface area contributed by atoms with Crippen molar-refractivity contribution in [3.8, 4) is 0 Å². The van der Waals surface area contributed by atoms with Crippen LogP contribution in [0.3, 0.4) is 0 Å². The van der Waals surface area contributed by atoms with E-state index in [0.29, 0.717) is 23.0 Å². The summed E-state index contributed by atoms with van der Waals surface area (Å²) in [7, 11) is 1.77. The lowest BCUT2D eigenvalue weighted by atomic mass is 10.3. The highest BCUT2D eigenvalue weighted by Gasteiger charge is 2.19. The van der Waals surface area contributed by atoms with Crippen LogP contribution in [0.5, 0.6) is 0 Å². The van der Waals surface area contributed by atoms with Crippen molar-refractivity contribution in [2.24, 2.45) is 18.5 Å². The van der Waals surface area contributed by atoms with Crippen LogP contribution in [0, 0.1) is 5.41 Å². The standard InChI is InChI=1S/C17H17N9O2S/c1-25-13-10(14-16(25)23-12(29-14)5-9-2-3-21-24-9)6-22-26(17(13)28)7-8(18)4-11(19)15(20)27/h2-4,6,18H,5,7,19H2,1H3,(H2,20,27)(H,21,24)/b11-4-,18-8?. The third-order valence-electron chi connectivity index (χ3n) is 4.39. The van der Waals surface area contributed by atoms with Crippen LogP contribution in [0.15, 0.2) is 35.0 Å². The summed E-state index contributed by atoms with van der Waals surface area (Å²) in [5.41, 5.74) is 11.8. The molecule has 0 aliphatic rings. The molecule has 0 radical (unpaired) electrons. The fraction of sp³-hybridized carbons (Fsp3) is 0.176. The first kappa shape index (κ1) is 18.6. The molecular formula is C17H17N9O2S. The van der Waals surface area contributed by atoms with E-state index in [4.69, 9.17) is 16.9 Å². The minimum Gasteiger partial charge on any atom is -0.394 e. The second kappa shape index (κ2) is 6.98. The number of nitrogens with zero attached hydrogens (tertiary/aromatic N) is 5. The number of amides is 1. The molecule has 1 amide bonds. The Morgan fingerprint density at radius 3 is 2.90 bits per heavy atom. The molecule has 29 heavy (non-hydrogen) atoms. The monoisotopic (exact) mass is 411 g/mol. The lowest BCUT2D eigenvalue weighted by Crippen LogP contribution is -2.28. The fourth-order valence-electron chi connectivity index (χ4n) is 3.03. The van der Waals surface area contributed by atoms with Crippen LogP contribution in [0.2, 0.25) is 0 Å². The zero-order valence-electron chi connectivity index (χ0n) is 15.3. The number of hydrogen-bond acceptors (Lipinski definition) is 8. The molecule has 0 fully saturated rings. The largest absolute Gasteiger partial charge is 0.394 e. The zero-order valence-corrected chi connectivity index (χ0v) is 16.2. The van der Waals surface area contributed by atoms with Gasteiger partial charge in [0, 0.05) is 25.1 Å². The molecule has 0 saturated carbocycles. The van der Waals surface area contributed by atoms with Crippen molar-refractivity contribution >= 4 is 44.2 Å². The Morgan fingerprint density at radius 2 is 2.21 bits per heavy atom. The molecule has 11 nitrogen and oxygen atoms in total. The highest BCUT2D eigenvalue weighted by molar-refractivity contribution is 7.19. The van der Waals surface area contributed by atoms with Crippen molar-refractivity contribution in [1.29, 1.82) is 5.41 Å². The summed E-state index contributed by atoms with van der Waals surface area (Å²) in [6.07, 6.45) is 5.06. The fourth-order valence-corrected chi connectivity index (χ4v) is 4.15. The Kier molecular flexibility index (Phi) is 4.47. The molecule has 4 aromatic rings. The molecule has 0 bridgehead atoms. The number of fused-ring (bicyclic) bond motifs is 3.